The minimum atomic E-state index is -0.380. The number of para-hydroxylation sites is 1. The lowest BCUT2D eigenvalue weighted by Crippen LogP contribution is -3.13. The summed E-state index contributed by atoms with van der Waals surface area (Å²) in [5, 5.41) is 2.63. The van der Waals surface area contributed by atoms with Crippen molar-refractivity contribution in [2.24, 2.45) is 5.92 Å². The van der Waals surface area contributed by atoms with Crippen LogP contribution in [0.1, 0.15) is 26.2 Å². The smallest absolute Gasteiger partial charge is 0.230 e. The number of carbonyl (C=O) groups excluding carboxylic acids is 1. The van der Waals surface area contributed by atoms with Crippen LogP contribution in [-0.4, -0.2) is 25.5 Å². The van der Waals surface area contributed by atoms with Gasteiger partial charge in [-0.25, -0.2) is 4.39 Å². The van der Waals surface area contributed by atoms with Crippen LogP contribution in [0.25, 0.3) is 0 Å². The van der Waals surface area contributed by atoms with E-state index in [-0.39, 0.29) is 17.4 Å². The summed E-state index contributed by atoms with van der Waals surface area (Å²) in [6, 6.07) is 6.27. The molecule has 0 aromatic heterocycles. The van der Waals surface area contributed by atoms with Crippen molar-refractivity contribution in [1.82, 2.24) is 0 Å². The van der Waals surface area contributed by atoms with E-state index in [0.29, 0.717) is 6.42 Å². The summed E-state index contributed by atoms with van der Waals surface area (Å²) >= 11 is 0. The Morgan fingerprint density at radius 2 is 2.26 bits per heavy atom. The van der Waals surface area contributed by atoms with E-state index in [1.807, 2.05) is 0 Å². The third-order valence-corrected chi connectivity index (χ3v) is 3.72. The molecule has 0 bridgehead atoms. The lowest BCUT2D eigenvalue weighted by atomic mass is 10.0. The van der Waals surface area contributed by atoms with Gasteiger partial charge in [-0.2, -0.15) is 0 Å². The van der Waals surface area contributed by atoms with Crippen LogP contribution < -0.4 is 10.2 Å². The summed E-state index contributed by atoms with van der Waals surface area (Å²) in [7, 11) is 0. The Morgan fingerprint density at radius 3 is 3.00 bits per heavy atom. The van der Waals surface area contributed by atoms with Crippen molar-refractivity contribution in [3.63, 3.8) is 0 Å². The third-order valence-electron chi connectivity index (χ3n) is 3.72. The van der Waals surface area contributed by atoms with Crippen molar-refractivity contribution in [2.75, 3.05) is 25.0 Å². The van der Waals surface area contributed by atoms with Gasteiger partial charge in [0.25, 0.3) is 0 Å². The molecule has 1 aliphatic rings. The van der Waals surface area contributed by atoms with Crippen LogP contribution in [-0.2, 0) is 4.79 Å². The summed E-state index contributed by atoms with van der Waals surface area (Å²) in [5.74, 6) is 0.268. The van der Waals surface area contributed by atoms with Gasteiger partial charge < -0.3 is 10.2 Å². The molecule has 104 valence electrons. The average Bonchev–Trinajstić information content (AvgIpc) is 2.39. The molecule has 1 amide bonds. The second kappa shape index (κ2) is 6.66. The highest BCUT2D eigenvalue weighted by molar-refractivity contribution is 5.90. The Morgan fingerprint density at radius 1 is 1.47 bits per heavy atom. The topological polar surface area (TPSA) is 33.5 Å². The van der Waals surface area contributed by atoms with Crippen molar-refractivity contribution in [2.45, 2.75) is 26.2 Å². The van der Waals surface area contributed by atoms with E-state index in [4.69, 9.17) is 0 Å². The number of amides is 1. The largest absolute Gasteiger partial charge is 0.334 e. The van der Waals surface area contributed by atoms with Crippen LogP contribution in [0.5, 0.6) is 0 Å². The molecule has 2 atom stereocenters. The number of rotatable bonds is 4. The molecule has 1 saturated heterocycles. The maximum absolute atomic E-state index is 13.4. The first-order valence-electron chi connectivity index (χ1n) is 7.03. The van der Waals surface area contributed by atoms with Crippen LogP contribution in [0, 0.1) is 11.7 Å². The molecule has 4 heteroatoms. The first-order valence-corrected chi connectivity index (χ1v) is 7.03. The number of likely N-dealkylation sites (tertiary alicyclic amines) is 1. The fourth-order valence-corrected chi connectivity index (χ4v) is 2.69. The van der Waals surface area contributed by atoms with E-state index in [1.54, 1.807) is 18.2 Å². The van der Waals surface area contributed by atoms with E-state index >= 15 is 0 Å². The Hall–Kier alpha value is -1.42. The highest BCUT2D eigenvalue weighted by atomic mass is 19.1. The molecule has 1 aromatic rings. The van der Waals surface area contributed by atoms with Crippen molar-refractivity contribution in [1.29, 1.82) is 0 Å². The zero-order chi connectivity index (χ0) is 13.7. The Kier molecular flexibility index (Phi) is 4.91. The zero-order valence-corrected chi connectivity index (χ0v) is 11.4. The molecule has 0 spiro atoms. The monoisotopic (exact) mass is 265 g/mol. The molecule has 2 rings (SSSR count). The summed E-state index contributed by atoms with van der Waals surface area (Å²) < 4.78 is 13.4. The van der Waals surface area contributed by atoms with Gasteiger partial charge in [0.05, 0.1) is 31.7 Å². The maximum atomic E-state index is 13.4. The predicted molar refractivity (Wildman–Crippen MR) is 73.6 cm³/mol. The molecular weight excluding hydrogens is 243 g/mol. The number of anilines is 1. The van der Waals surface area contributed by atoms with Crippen LogP contribution >= 0.6 is 0 Å². The van der Waals surface area contributed by atoms with Gasteiger partial charge in [-0.05, 0) is 25.0 Å². The molecule has 0 aliphatic carbocycles. The Labute approximate surface area is 113 Å². The fourth-order valence-electron chi connectivity index (χ4n) is 2.69. The second-order valence-electron chi connectivity index (χ2n) is 5.48. The molecule has 1 aromatic carbocycles. The molecule has 2 N–H and O–H groups in total. The number of halogens is 1. The van der Waals surface area contributed by atoms with Crippen molar-refractivity contribution < 1.29 is 14.1 Å². The van der Waals surface area contributed by atoms with E-state index in [1.165, 1.54) is 23.8 Å². The van der Waals surface area contributed by atoms with Gasteiger partial charge in [-0.3, -0.25) is 4.79 Å². The predicted octanol–water partition coefficient (Wildman–Crippen LogP) is 1.47. The van der Waals surface area contributed by atoms with Gasteiger partial charge in [0.2, 0.25) is 5.91 Å². The minimum absolute atomic E-state index is 0.101. The first kappa shape index (κ1) is 14.0. The molecule has 1 heterocycles. The minimum Gasteiger partial charge on any atom is -0.334 e. The quantitative estimate of drug-likeness (QED) is 0.849. The van der Waals surface area contributed by atoms with Gasteiger partial charge >= 0.3 is 0 Å². The van der Waals surface area contributed by atoms with Crippen molar-refractivity contribution >= 4 is 11.6 Å². The molecular formula is C15H22FN2O+. The van der Waals surface area contributed by atoms with Crippen LogP contribution in [0.15, 0.2) is 24.3 Å². The van der Waals surface area contributed by atoms with E-state index in [9.17, 15) is 9.18 Å². The number of hydrogen-bond donors (Lipinski definition) is 2. The van der Waals surface area contributed by atoms with Gasteiger partial charge in [0, 0.05) is 5.92 Å². The number of piperidine rings is 1. The van der Waals surface area contributed by atoms with Crippen molar-refractivity contribution in [3.05, 3.63) is 30.1 Å². The zero-order valence-electron chi connectivity index (χ0n) is 11.4. The molecule has 19 heavy (non-hydrogen) atoms. The molecule has 1 fully saturated rings. The van der Waals surface area contributed by atoms with E-state index in [2.05, 4.69) is 12.2 Å². The average molecular weight is 265 g/mol. The standard InChI is InChI=1S/C15H21FN2O/c1-12-5-4-9-18(11-12)10-8-15(19)17-14-7-3-2-6-13(14)16/h2-3,6-7,12H,4-5,8-11H2,1H3,(H,17,19)/p+1/t12-/m0/s1. The summed E-state index contributed by atoms with van der Waals surface area (Å²) in [6.07, 6.45) is 2.99. The van der Waals surface area contributed by atoms with Crippen LogP contribution in [0.3, 0.4) is 0 Å². The van der Waals surface area contributed by atoms with Gasteiger partial charge in [-0.15, -0.1) is 0 Å². The fraction of sp³-hybridized carbons (Fsp3) is 0.533. The molecule has 0 saturated carbocycles. The van der Waals surface area contributed by atoms with Crippen LogP contribution in [0.2, 0.25) is 0 Å². The maximum Gasteiger partial charge on any atom is 0.230 e. The van der Waals surface area contributed by atoms with Crippen LogP contribution in [0.4, 0.5) is 10.1 Å². The second-order valence-corrected chi connectivity index (χ2v) is 5.48. The Balaban J connectivity index is 1.77. The van der Waals surface area contributed by atoms with E-state index < -0.39 is 0 Å². The first-order chi connectivity index (χ1) is 9.15. The van der Waals surface area contributed by atoms with Gasteiger partial charge in [0.15, 0.2) is 0 Å². The molecule has 1 aliphatic heterocycles. The highest BCUT2D eigenvalue weighted by Crippen LogP contribution is 2.12. The Bertz CT molecular complexity index is 436. The lowest BCUT2D eigenvalue weighted by Gasteiger charge is -2.27. The van der Waals surface area contributed by atoms with Gasteiger partial charge in [0.1, 0.15) is 5.82 Å². The number of nitrogens with one attached hydrogen (secondary N) is 2. The SMILES string of the molecule is C[C@H]1CCC[NH+](CCC(=O)Nc2ccccc2F)C1. The van der Waals surface area contributed by atoms with Gasteiger partial charge in [-0.1, -0.05) is 19.1 Å². The summed E-state index contributed by atoms with van der Waals surface area (Å²) in [4.78, 5) is 13.3. The summed E-state index contributed by atoms with van der Waals surface area (Å²) in [6.45, 7) is 5.40. The number of carbonyl (C=O) groups is 1. The lowest BCUT2D eigenvalue weighted by molar-refractivity contribution is -0.907. The molecule has 1 unspecified atom stereocenters. The highest BCUT2D eigenvalue weighted by Gasteiger charge is 2.20. The number of benzene rings is 1. The number of quaternary nitrogens is 1. The summed E-state index contributed by atoms with van der Waals surface area (Å²) in [5.41, 5.74) is 0.273. The molecule has 3 nitrogen and oxygen atoms in total. The normalized spacial score (nSPS) is 23.1. The number of hydrogen-bond acceptors (Lipinski definition) is 1. The van der Waals surface area contributed by atoms with Crippen molar-refractivity contribution in [3.8, 4) is 0 Å². The van der Waals surface area contributed by atoms with E-state index in [0.717, 1.165) is 25.6 Å². The molecule has 0 radical (unpaired) electrons. The third kappa shape index (κ3) is 4.31.